The van der Waals surface area contributed by atoms with Crippen molar-refractivity contribution >= 4 is 0 Å². The Morgan fingerprint density at radius 3 is 2.74 bits per heavy atom. The van der Waals surface area contributed by atoms with Crippen LogP contribution in [-0.2, 0) is 6.54 Å². The summed E-state index contributed by atoms with van der Waals surface area (Å²) in [6.07, 6.45) is 8.25. The predicted molar refractivity (Wildman–Crippen MR) is 76.4 cm³/mol. The molecule has 0 amide bonds. The summed E-state index contributed by atoms with van der Waals surface area (Å²) in [7, 11) is 0. The van der Waals surface area contributed by atoms with Crippen molar-refractivity contribution < 1.29 is 4.74 Å². The molecule has 0 aliphatic carbocycles. The largest absolute Gasteiger partial charge is 0.492 e. The number of aromatic nitrogens is 2. The molecule has 0 aliphatic rings. The van der Waals surface area contributed by atoms with Gasteiger partial charge in [-0.15, -0.1) is 0 Å². The molecule has 0 radical (unpaired) electrons. The zero-order valence-electron chi connectivity index (χ0n) is 11.8. The predicted octanol–water partition coefficient (Wildman–Crippen LogP) is 1.94. The number of nitrogens with zero attached hydrogens (tertiary/aromatic N) is 2. The highest BCUT2D eigenvalue weighted by Crippen LogP contribution is 2.05. The van der Waals surface area contributed by atoms with Crippen LogP contribution in [0.1, 0.15) is 45.4 Å². The smallest absolute Gasteiger partial charge is 0.270 e. The highest BCUT2D eigenvalue weighted by Gasteiger charge is 2.01. The van der Waals surface area contributed by atoms with Gasteiger partial charge in [-0.1, -0.05) is 32.6 Å². The lowest BCUT2D eigenvalue weighted by atomic mass is 10.1. The van der Waals surface area contributed by atoms with Crippen LogP contribution in [-0.4, -0.2) is 22.9 Å². The van der Waals surface area contributed by atoms with Gasteiger partial charge < -0.3 is 10.5 Å². The number of ether oxygens (including phenoxy) is 1. The van der Waals surface area contributed by atoms with Crippen LogP contribution in [0, 0.1) is 0 Å². The van der Waals surface area contributed by atoms with Crippen LogP contribution in [0.4, 0.5) is 0 Å². The second-order valence-electron chi connectivity index (χ2n) is 4.66. The Labute approximate surface area is 114 Å². The fourth-order valence-corrected chi connectivity index (χ4v) is 1.80. The molecule has 1 rings (SSSR count). The number of hydrogen-bond donors (Lipinski definition) is 1. The van der Waals surface area contributed by atoms with E-state index in [9.17, 15) is 4.79 Å². The lowest BCUT2D eigenvalue weighted by Gasteiger charge is -2.07. The summed E-state index contributed by atoms with van der Waals surface area (Å²) in [4.78, 5) is 11.8. The van der Waals surface area contributed by atoms with Crippen molar-refractivity contribution in [1.29, 1.82) is 0 Å². The molecule has 19 heavy (non-hydrogen) atoms. The minimum Gasteiger partial charge on any atom is -0.492 e. The number of nitrogens with two attached hydrogens (primary N) is 1. The lowest BCUT2D eigenvalue weighted by Crippen LogP contribution is -2.22. The number of unbranched alkanes of at least 4 members (excludes halogenated alkanes) is 4. The van der Waals surface area contributed by atoms with Crippen molar-refractivity contribution in [2.75, 3.05) is 13.2 Å². The molecule has 0 aromatic carbocycles. The van der Waals surface area contributed by atoms with Gasteiger partial charge >= 0.3 is 0 Å². The molecule has 2 N–H and O–H groups in total. The Bertz CT molecular complexity index is 404. The fraction of sp³-hybridized carbons (Fsp3) is 0.714. The van der Waals surface area contributed by atoms with Gasteiger partial charge in [-0.3, -0.25) is 4.79 Å². The first-order valence-corrected chi connectivity index (χ1v) is 7.18. The van der Waals surface area contributed by atoms with Crippen LogP contribution in [0.15, 0.2) is 17.1 Å². The first kappa shape index (κ1) is 15.7. The molecule has 0 spiro atoms. The summed E-state index contributed by atoms with van der Waals surface area (Å²) in [5.41, 5.74) is 5.28. The maximum absolute atomic E-state index is 11.8. The van der Waals surface area contributed by atoms with Gasteiger partial charge in [0, 0.05) is 12.6 Å². The van der Waals surface area contributed by atoms with E-state index >= 15 is 0 Å². The average Bonchev–Trinajstić information content (AvgIpc) is 2.41. The maximum Gasteiger partial charge on any atom is 0.270 e. The van der Waals surface area contributed by atoms with E-state index in [-0.39, 0.29) is 5.56 Å². The summed E-state index contributed by atoms with van der Waals surface area (Å²) in [5, 5.41) is 4.12. The van der Waals surface area contributed by atoms with Gasteiger partial charge in [0.05, 0.1) is 12.8 Å². The van der Waals surface area contributed by atoms with Gasteiger partial charge in [0.1, 0.15) is 5.75 Å². The van der Waals surface area contributed by atoms with E-state index < -0.39 is 0 Å². The zero-order valence-corrected chi connectivity index (χ0v) is 11.8. The molecular formula is C14H25N3O2. The Morgan fingerprint density at radius 2 is 2.05 bits per heavy atom. The summed E-state index contributed by atoms with van der Waals surface area (Å²) < 4.78 is 6.89. The molecule has 0 atom stereocenters. The Kier molecular flexibility index (Phi) is 7.89. The molecule has 0 aliphatic heterocycles. The van der Waals surface area contributed by atoms with Crippen molar-refractivity contribution in [2.45, 2.75) is 52.0 Å². The van der Waals surface area contributed by atoms with Gasteiger partial charge in [0.25, 0.3) is 5.56 Å². The standard InChI is InChI=1S/C14H25N3O2/c1-2-3-4-5-6-9-17-14(18)11-13(12-16-17)19-10-7-8-15/h11-12H,2-10,15H2,1H3. The molecular weight excluding hydrogens is 242 g/mol. The Balaban J connectivity index is 2.37. The molecule has 1 heterocycles. The van der Waals surface area contributed by atoms with Crippen molar-refractivity contribution in [3.8, 4) is 5.75 Å². The molecule has 0 saturated carbocycles. The molecule has 1 aromatic rings. The summed E-state index contributed by atoms with van der Waals surface area (Å²) >= 11 is 0. The topological polar surface area (TPSA) is 70.1 Å². The SMILES string of the molecule is CCCCCCCn1ncc(OCCCN)cc1=O. The summed E-state index contributed by atoms with van der Waals surface area (Å²) in [6, 6.07) is 1.50. The van der Waals surface area contributed by atoms with E-state index in [4.69, 9.17) is 10.5 Å². The first-order chi connectivity index (χ1) is 9.27. The Morgan fingerprint density at radius 1 is 1.26 bits per heavy atom. The van der Waals surface area contributed by atoms with Gasteiger partial charge in [-0.05, 0) is 19.4 Å². The fourth-order valence-electron chi connectivity index (χ4n) is 1.80. The minimum atomic E-state index is -0.0965. The average molecular weight is 267 g/mol. The quantitative estimate of drug-likeness (QED) is 0.658. The third-order valence-electron chi connectivity index (χ3n) is 2.94. The van der Waals surface area contributed by atoms with Gasteiger partial charge in [0.2, 0.25) is 0 Å². The molecule has 5 nitrogen and oxygen atoms in total. The second-order valence-corrected chi connectivity index (χ2v) is 4.66. The summed E-state index contributed by atoms with van der Waals surface area (Å²) in [5.74, 6) is 0.528. The van der Waals surface area contributed by atoms with Crippen LogP contribution in [0.5, 0.6) is 5.75 Å². The molecule has 5 heteroatoms. The van der Waals surface area contributed by atoms with Crippen molar-refractivity contribution in [2.24, 2.45) is 5.73 Å². The molecule has 0 fully saturated rings. The van der Waals surface area contributed by atoms with Gasteiger partial charge in [-0.25, -0.2) is 4.68 Å². The van der Waals surface area contributed by atoms with Crippen LogP contribution in [0.3, 0.4) is 0 Å². The van der Waals surface area contributed by atoms with E-state index in [1.807, 2.05) is 0 Å². The molecule has 108 valence electrons. The molecule has 1 aromatic heterocycles. The van der Waals surface area contributed by atoms with Crippen LogP contribution < -0.4 is 16.0 Å². The van der Waals surface area contributed by atoms with Crippen LogP contribution in [0.25, 0.3) is 0 Å². The zero-order chi connectivity index (χ0) is 13.9. The highest BCUT2D eigenvalue weighted by atomic mass is 16.5. The van der Waals surface area contributed by atoms with Crippen molar-refractivity contribution in [3.63, 3.8) is 0 Å². The number of rotatable bonds is 10. The monoisotopic (exact) mass is 267 g/mol. The summed E-state index contributed by atoms with van der Waals surface area (Å²) in [6.45, 7) is 3.99. The van der Waals surface area contributed by atoms with Crippen LogP contribution >= 0.6 is 0 Å². The number of hydrogen-bond acceptors (Lipinski definition) is 4. The van der Waals surface area contributed by atoms with Gasteiger partial charge in [-0.2, -0.15) is 5.10 Å². The van der Waals surface area contributed by atoms with E-state index in [0.717, 1.165) is 19.3 Å². The van der Waals surface area contributed by atoms with E-state index in [1.54, 1.807) is 6.20 Å². The molecule has 0 saturated heterocycles. The first-order valence-electron chi connectivity index (χ1n) is 7.18. The third-order valence-corrected chi connectivity index (χ3v) is 2.94. The minimum absolute atomic E-state index is 0.0965. The van der Waals surface area contributed by atoms with Crippen LogP contribution in [0.2, 0.25) is 0 Å². The van der Waals surface area contributed by atoms with E-state index in [1.165, 1.54) is 30.0 Å². The second kappa shape index (κ2) is 9.55. The van der Waals surface area contributed by atoms with Crippen molar-refractivity contribution in [3.05, 3.63) is 22.6 Å². The third kappa shape index (κ3) is 6.38. The molecule has 0 bridgehead atoms. The highest BCUT2D eigenvalue weighted by molar-refractivity contribution is 5.13. The van der Waals surface area contributed by atoms with Gasteiger partial charge in [0.15, 0.2) is 0 Å². The lowest BCUT2D eigenvalue weighted by molar-refractivity contribution is 0.309. The Hall–Kier alpha value is -1.36. The maximum atomic E-state index is 11.8. The number of aryl methyl sites for hydroxylation is 1. The van der Waals surface area contributed by atoms with Crippen molar-refractivity contribution in [1.82, 2.24) is 9.78 Å². The van der Waals surface area contributed by atoms with E-state index in [2.05, 4.69) is 12.0 Å². The molecule has 0 unspecified atom stereocenters. The van der Waals surface area contributed by atoms with E-state index in [0.29, 0.717) is 25.4 Å². The normalized spacial score (nSPS) is 10.6.